The summed E-state index contributed by atoms with van der Waals surface area (Å²) in [6, 6.07) is 4.56. The minimum Gasteiger partial charge on any atom is -0.496 e. The van der Waals surface area contributed by atoms with Crippen molar-refractivity contribution in [2.45, 2.75) is 45.7 Å². The zero-order valence-corrected chi connectivity index (χ0v) is 12.4. The lowest BCUT2D eigenvalue weighted by Crippen LogP contribution is -2.37. The topological polar surface area (TPSA) is 47.3 Å². The first-order valence-electron chi connectivity index (χ1n) is 6.39. The molecule has 0 bridgehead atoms. The van der Waals surface area contributed by atoms with Gasteiger partial charge in [0.25, 0.3) is 0 Å². The van der Waals surface area contributed by atoms with Crippen molar-refractivity contribution < 1.29 is 4.74 Å². The summed E-state index contributed by atoms with van der Waals surface area (Å²) in [5.74, 6) is 0.943. The van der Waals surface area contributed by atoms with Gasteiger partial charge in [0, 0.05) is 11.6 Å². The molecule has 3 nitrogen and oxygen atoms in total. The maximum absolute atomic E-state index is 6.13. The highest BCUT2D eigenvalue weighted by molar-refractivity contribution is 5.43. The summed E-state index contributed by atoms with van der Waals surface area (Å²) in [6.07, 6.45) is 0.899. The summed E-state index contributed by atoms with van der Waals surface area (Å²) >= 11 is 0. The Bertz CT molecular complexity index is 408. The summed E-state index contributed by atoms with van der Waals surface area (Å²) in [4.78, 5) is 0. The Morgan fingerprint density at radius 1 is 1.28 bits per heavy atom. The van der Waals surface area contributed by atoms with E-state index in [4.69, 9.17) is 10.5 Å². The molecule has 0 aliphatic heterocycles. The van der Waals surface area contributed by atoms with Gasteiger partial charge in [-0.1, -0.05) is 6.07 Å². The fraction of sp³-hybridized carbons (Fsp3) is 0.600. The molecule has 1 unspecified atom stereocenters. The minimum absolute atomic E-state index is 0.187. The smallest absolute Gasteiger partial charge is 0.122 e. The van der Waals surface area contributed by atoms with Crippen LogP contribution in [-0.2, 0) is 0 Å². The summed E-state index contributed by atoms with van der Waals surface area (Å²) < 4.78 is 5.35. The zero-order valence-electron chi connectivity index (χ0n) is 12.4. The van der Waals surface area contributed by atoms with Crippen LogP contribution in [-0.4, -0.2) is 19.7 Å². The molecule has 1 aromatic carbocycles. The summed E-state index contributed by atoms with van der Waals surface area (Å²) in [5.41, 5.74) is 9.64. The maximum Gasteiger partial charge on any atom is 0.122 e. The van der Waals surface area contributed by atoms with Crippen LogP contribution in [0.15, 0.2) is 12.1 Å². The first-order chi connectivity index (χ1) is 8.28. The molecule has 0 amide bonds. The van der Waals surface area contributed by atoms with Crippen molar-refractivity contribution in [3.05, 3.63) is 28.8 Å². The van der Waals surface area contributed by atoms with Crippen LogP contribution in [0, 0.1) is 13.8 Å². The highest BCUT2D eigenvalue weighted by Gasteiger charge is 2.21. The van der Waals surface area contributed by atoms with Crippen molar-refractivity contribution in [3.63, 3.8) is 0 Å². The van der Waals surface area contributed by atoms with E-state index in [9.17, 15) is 0 Å². The molecule has 18 heavy (non-hydrogen) atoms. The largest absolute Gasteiger partial charge is 0.496 e. The molecule has 1 aromatic rings. The van der Waals surface area contributed by atoms with Gasteiger partial charge in [0.05, 0.1) is 7.11 Å². The summed E-state index contributed by atoms with van der Waals surface area (Å²) in [6.45, 7) is 8.30. The summed E-state index contributed by atoms with van der Waals surface area (Å²) in [5, 5.41) is 3.36. The number of rotatable bonds is 5. The molecule has 102 valence electrons. The second-order valence-electron chi connectivity index (χ2n) is 5.71. The SMILES string of the molecule is CNC(CC(C)(C)N)c1cc(C)c(OC)cc1C. The third-order valence-corrected chi connectivity index (χ3v) is 3.24. The number of aryl methyl sites for hydroxylation is 2. The van der Waals surface area contributed by atoms with Gasteiger partial charge in [0.1, 0.15) is 5.75 Å². The number of ether oxygens (including phenoxy) is 1. The normalized spacial score (nSPS) is 13.5. The van der Waals surface area contributed by atoms with Crippen molar-refractivity contribution in [3.8, 4) is 5.75 Å². The predicted molar refractivity (Wildman–Crippen MR) is 77.2 cm³/mol. The van der Waals surface area contributed by atoms with Crippen LogP contribution in [0.25, 0.3) is 0 Å². The van der Waals surface area contributed by atoms with Gasteiger partial charge in [0.15, 0.2) is 0 Å². The monoisotopic (exact) mass is 250 g/mol. The van der Waals surface area contributed by atoms with E-state index in [1.54, 1.807) is 7.11 Å². The molecule has 0 radical (unpaired) electrons. The Morgan fingerprint density at radius 3 is 2.33 bits per heavy atom. The Balaban J connectivity index is 3.10. The fourth-order valence-corrected chi connectivity index (χ4v) is 2.30. The van der Waals surface area contributed by atoms with E-state index in [-0.39, 0.29) is 11.6 Å². The standard InChI is InChI=1S/C15H26N2O/c1-10-8-14(18-6)11(2)7-12(10)13(17-5)9-15(3,4)16/h7-8,13,17H,9,16H2,1-6H3. The minimum atomic E-state index is -0.187. The number of nitrogens with one attached hydrogen (secondary N) is 1. The third-order valence-electron chi connectivity index (χ3n) is 3.24. The van der Waals surface area contributed by atoms with Crippen molar-refractivity contribution in [1.82, 2.24) is 5.32 Å². The lowest BCUT2D eigenvalue weighted by molar-refractivity contribution is 0.392. The van der Waals surface area contributed by atoms with Gasteiger partial charge < -0.3 is 15.8 Å². The van der Waals surface area contributed by atoms with E-state index in [1.807, 2.05) is 7.05 Å². The molecule has 0 heterocycles. The Hall–Kier alpha value is -1.06. The van der Waals surface area contributed by atoms with Crippen LogP contribution in [0.1, 0.15) is 43.0 Å². The number of benzene rings is 1. The van der Waals surface area contributed by atoms with Crippen LogP contribution in [0.2, 0.25) is 0 Å². The Morgan fingerprint density at radius 2 is 1.89 bits per heavy atom. The van der Waals surface area contributed by atoms with Gasteiger partial charge in [-0.25, -0.2) is 0 Å². The molecule has 0 aliphatic carbocycles. The van der Waals surface area contributed by atoms with E-state index in [2.05, 4.69) is 45.1 Å². The molecule has 3 heteroatoms. The first kappa shape index (κ1) is 15.0. The highest BCUT2D eigenvalue weighted by atomic mass is 16.5. The average Bonchev–Trinajstić information content (AvgIpc) is 2.27. The number of hydrogen-bond acceptors (Lipinski definition) is 3. The number of nitrogens with two attached hydrogens (primary N) is 1. The molecular weight excluding hydrogens is 224 g/mol. The molecule has 3 N–H and O–H groups in total. The van der Waals surface area contributed by atoms with Gasteiger partial charge in [0.2, 0.25) is 0 Å². The van der Waals surface area contributed by atoms with Crippen LogP contribution in [0.4, 0.5) is 0 Å². The van der Waals surface area contributed by atoms with Crippen molar-refractivity contribution in [1.29, 1.82) is 0 Å². The van der Waals surface area contributed by atoms with Crippen LogP contribution in [0.5, 0.6) is 5.75 Å². The second-order valence-corrected chi connectivity index (χ2v) is 5.71. The van der Waals surface area contributed by atoms with Crippen molar-refractivity contribution >= 4 is 0 Å². The predicted octanol–water partition coefficient (Wildman–Crippen LogP) is 2.70. The second kappa shape index (κ2) is 5.72. The van der Waals surface area contributed by atoms with Gasteiger partial charge in [-0.05, 0) is 63.9 Å². The lowest BCUT2D eigenvalue weighted by atomic mass is 9.89. The van der Waals surface area contributed by atoms with Crippen LogP contribution in [0.3, 0.4) is 0 Å². The molecule has 0 aromatic heterocycles. The molecule has 1 rings (SSSR count). The van der Waals surface area contributed by atoms with Gasteiger partial charge in [-0.2, -0.15) is 0 Å². The van der Waals surface area contributed by atoms with Crippen molar-refractivity contribution in [2.75, 3.05) is 14.2 Å². The molecule has 0 saturated carbocycles. The third kappa shape index (κ3) is 3.72. The molecule has 1 atom stereocenters. The lowest BCUT2D eigenvalue weighted by Gasteiger charge is -2.27. The van der Waals surface area contributed by atoms with Gasteiger partial charge >= 0.3 is 0 Å². The molecule has 0 fully saturated rings. The average molecular weight is 250 g/mol. The molecule has 0 aliphatic rings. The van der Waals surface area contributed by atoms with E-state index in [1.165, 1.54) is 11.1 Å². The fourth-order valence-electron chi connectivity index (χ4n) is 2.30. The van der Waals surface area contributed by atoms with E-state index >= 15 is 0 Å². The first-order valence-corrected chi connectivity index (χ1v) is 6.39. The highest BCUT2D eigenvalue weighted by Crippen LogP contribution is 2.30. The quantitative estimate of drug-likeness (QED) is 0.844. The number of hydrogen-bond donors (Lipinski definition) is 2. The van der Waals surface area contributed by atoms with E-state index in [0.29, 0.717) is 0 Å². The van der Waals surface area contributed by atoms with Gasteiger partial charge in [-0.3, -0.25) is 0 Å². The zero-order chi connectivity index (χ0) is 13.9. The summed E-state index contributed by atoms with van der Waals surface area (Å²) in [7, 11) is 3.69. The molecular formula is C15H26N2O. The number of methoxy groups -OCH3 is 1. The van der Waals surface area contributed by atoms with E-state index in [0.717, 1.165) is 17.7 Å². The molecule has 0 spiro atoms. The van der Waals surface area contributed by atoms with E-state index < -0.39 is 0 Å². The Labute approximate surface area is 111 Å². The Kier molecular flexibility index (Phi) is 4.77. The van der Waals surface area contributed by atoms with Crippen LogP contribution >= 0.6 is 0 Å². The van der Waals surface area contributed by atoms with Crippen molar-refractivity contribution in [2.24, 2.45) is 5.73 Å². The van der Waals surface area contributed by atoms with Gasteiger partial charge in [-0.15, -0.1) is 0 Å². The maximum atomic E-state index is 6.13. The molecule has 0 saturated heterocycles. The van der Waals surface area contributed by atoms with Crippen LogP contribution < -0.4 is 15.8 Å².